The van der Waals surface area contributed by atoms with Gasteiger partial charge in [-0.2, -0.15) is 0 Å². The number of ether oxygens (including phenoxy) is 1. The van der Waals surface area contributed by atoms with E-state index in [1.807, 2.05) is 0 Å². The van der Waals surface area contributed by atoms with E-state index in [-0.39, 0.29) is 0 Å². The number of hydrogen-bond acceptors (Lipinski definition) is 5. The van der Waals surface area contributed by atoms with Gasteiger partial charge in [-0.1, -0.05) is 0 Å². The Balaban J connectivity index is 6.14. The molecule has 0 aromatic carbocycles. The van der Waals surface area contributed by atoms with Crippen molar-refractivity contribution in [3.05, 3.63) is 0 Å². The van der Waals surface area contributed by atoms with Crippen molar-refractivity contribution >= 4 is 44.6 Å². The molecule has 0 aromatic rings. The molecule has 0 rings (SSSR count). The van der Waals surface area contributed by atoms with Crippen LogP contribution in [0.25, 0.3) is 0 Å². The first-order valence-corrected chi connectivity index (χ1v) is 28.3. The summed E-state index contributed by atoms with van der Waals surface area (Å²) in [7, 11) is 0. The van der Waals surface area contributed by atoms with Crippen molar-refractivity contribution < 1.29 is 17.1 Å². The molecular weight excluding hydrogens is 666 g/mol. The van der Waals surface area contributed by atoms with Crippen molar-refractivity contribution in [1.82, 2.24) is 0 Å². The van der Waals surface area contributed by atoms with Crippen LogP contribution in [0.5, 0.6) is 0 Å². The molecule has 7 heteroatoms. The first-order valence-electron chi connectivity index (χ1n) is 15.5. The first-order chi connectivity index (χ1) is 17.3. The molecule has 36 heavy (non-hydrogen) atoms. The van der Waals surface area contributed by atoms with Crippen LogP contribution < -0.4 is 0 Å². The van der Waals surface area contributed by atoms with Crippen LogP contribution in [0.3, 0.4) is 0 Å². The van der Waals surface area contributed by atoms with Gasteiger partial charge in [0.05, 0.1) is 0 Å². The SMILES string of the molecule is CCC[CH2][Sn]([CH2]CCC)([O]CC(CC)CC)[O][Sn]([CH2]CCC)([CH2]CCC)[O]C(=O)OCC(CC)CC. The average Bonchev–Trinajstić information content (AvgIpc) is 2.89. The molecule has 0 saturated carbocycles. The van der Waals surface area contributed by atoms with E-state index in [9.17, 15) is 4.79 Å². The van der Waals surface area contributed by atoms with E-state index < -0.39 is 44.6 Å². The second kappa shape index (κ2) is 22.6. The topological polar surface area (TPSA) is 54.0 Å². The van der Waals surface area contributed by atoms with Crippen LogP contribution >= 0.6 is 0 Å². The fraction of sp³-hybridized carbons (Fsp3) is 0.966. The third-order valence-corrected chi connectivity index (χ3v) is 40.2. The summed E-state index contributed by atoms with van der Waals surface area (Å²) in [6, 6.07) is 0. The van der Waals surface area contributed by atoms with Crippen LogP contribution in [0.2, 0.25) is 17.7 Å². The molecule has 0 radical (unpaired) electrons. The van der Waals surface area contributed by atoms with E-state index >= 15 is 0 Å². The van der Waals surface area contributed by atoms with Gasteiger partial charge in [0, 0.05) is 0 Å². The minimum absolute atomic E-state index is 0.394. The standard InChI is InChI=1S/C7H14O3.C6H13O.4C4H9.O.2Sn/c1-3-6(4-2)5-10-7(8)9;1-3-6(4-2)5-7;4*1-3-4-2;;;/h6H,3-5H2,1-2H3,(H,8,9);6H,3-5H2,1-2H3;4*1,3-4H2,2H3;;;/q;-1;;;;;;2*+1/p-1. The summed E-state index contributed by atoms with van der Waals surface area (Å²) >= 11 is -7.30. The van der Waals surface area contributed by atoms with Gasteiger partial charge >= 0.3 is 237 Å². The van der Waals surface area contributed by atoms with Crippen LogP contribution in [0.1, 0.15) is 132 Å². The number of rotatable bonds is 24. The summed E-state index contributed by atoms with van der Waals surface area (Å²) < 4.78 is 30.7. The van der Waals surface area contributed by atoms with Gasteiger partial charge in [0.15, 0.2) is 0 Å². The molecule has 5 nitrogen and oxygen atoms in total. The second-order valence-electron chi connectivity index (χ2n) is 10.7. The molecule has 0 atom stereocenters. The van der Waals surface area contributed by atoms with Gasteiger partial charge < -0.3 is 0 Å². The predicted molar refractivity (Wildman–Crippen MR) is 158 cm³/mol. The van der Waals surface area contributed by atoms with E-state index in [1.165, 1.54) is 0 Å². The van der Waals surface area contributed by atoms with Gasteiger partial charge in [-0.15, -0.1) is 0 Å². The van der Waals surface area contributed by atoms with Gasteiger partial charge in [0.1, 0.15) is 0 Å². The van der Waals surface area contributed by atoms with Crippen molar-refractivity contribution in [1.29, 1.82) is 0 Å². The first kappa shape index (κ1) is 36.8. The van der Waals surface area contributed by atoms with Crippen molar-refractivity contribution in [3.63, 3.8) is 0 Å². The van der Waals surface area contributed by atoms with Crippen molar-refractivity contribution in [2.45, 2.75) is 150 Å². The third kappa shape index (κ3) is 15.4. The summed E-state index contributed by atoms with van der Waals surface area (Å²) in [5, 5.41) is 0. The van der Waals surface area contributed by atoms with E-state index in [2.05, 4.69) is 55.4 Å². The van der Waals surface area contributed by atoms with E-state index in [4.69, 9.17) is 12.3 Å². The summed E-state index contributed by atoms with van der Waals surface area (Å²) in [5.74, 6) is 0.972. The Hall–Kier alpha value is 0.787. The van der Waals surface area contributed by atoms with E-state index in [0.29, 0.717) is 18.4 Å². The van der Waals surface area contributed by atoms with Gasteiger partial charge in [-0.3, -0.25) is 0 Å². The Morgan fingerprint density at radius 3 is 1.36 bits per heavy atom. The van der Waals surface area contributed by atoms with Crippen LogP contribution in [0.15, 0.2) is 0 Å². The number of hydrogen-bond donors (Lipinski definition) is 0. The number of carbonyl (C=O) groups excluding carboxylic acids is 1. The van der Waals surface area contributed by atoms with Crippen LogP contribution in [-0.4, -0.2) is 57.8 Å². The quantitative estimate of drug-likeness (QED) is 0.0732. The molecule has 0 aliphatic rings. The molecule has 0 saturated heterocycles. The van der Waals surface area contributed by atoms with Crippen molar-refractivity contribution in [2.75, 3.05) is 13.2 Å². The van der Waals surface area contributed by atoms with Crippen LogP contribution in [-0.2, 0) is 12.3 Å². The van der Waals surface area contributed by atoms with Gasteiger partial charge in [0.25, 0.3) is 0 Å². The summed E-state index contributed by atoms with van der Waals surface area (Å²) in [5.41, 5.74) is 0. The maximum atomic E-state index is 13.1. The normalized spacial score (nSPS) is 12.5. The van der Waals surface area contributed by atoms with E-state index in [0.717, 1.165) is 101 Å². The number of unbranched alkanes of at least 4 members (excludes halogenated alkanes) is 4. The average molecular weight is 728 g/mol. The maximum absolute atomic E-state index is 13.1. The zero-order chi connectivity index (χ0) is 27.3. The minimum atomic E-state index is -3.80. The molecule has 0 fully saturated rings. The Morgan fingerprint density at radius 2 is 0.972 bits per heavy atom. The zero-order valence-electron chi connectivity index (χ0n) is 25.4. The van der Waals surface area contributed by atoms with E-state index in [1.54, 1.807) is 0 Å². The molecule has 0 N–H and O–H groups in total. The summed E-state index contributed by atoms with van der Waals surface area (Å²) in [6.45, 7) is 19.0. The van der Waals surface area contributed by atoms with Crippen LogP contribution in [0.4, 0.5) is 4.79 Å². The van der Waals surface area contributed by atoms with Crippen molar-refractivity contribution in [2.24, 2.45) is 11.8 Å². The fourth-order valence-corrected chi connectivity index (χ4v) is 46.3. The molecule has 0 aliphatic carbocycles. The summed E-state index contributed by atoms with van der Waals surface area (Å²) in [4.78, 5) is 13.1. The number of carbonyl (C=O) groups is 1. The molecule has 0 unspecified atom stereocenters. The fourth-order valence-electron chi connectivity index (χ4n) is 4.56. The molecule has 0 heterocycles. The Morgan fingerprint density at radius 1 is 0.583 bits per heavy atom. The molecule has 216 valence electrons. The predicted octanol–water partition coefficient (Wildman–Crippen LogP) is 10.1. The summed E-state index contributed by atoms with van der Waals surface area (Å²) in [6.07, 6.45) is 12.7. The molecule has 0 amide bonds. The Labute approximate surface area is 235 Å². The molecule has 0 aromatic heterocycles. The van der Waals surface area contributed by atoms with Gasteiger partial charge in [-0.25, -0.2) is 0 Å². The van der Waals surface area contributed by atoms with Crippen LogP contribution in [0, 0.1) is 11.8 Å². The Bertz CT molecular complexity index is 508. The Kier molecular flexibility index (Phi) is 23.1. The molecular formula is C29H62O5Sn2. The third-order valence-electron chi connectivity index (χ3n) is 7.61. The van der Waals surface area contributed by atoms with Crippen molar-refractivity contribution in [3.8, 4) is 0 Å². The zero-order valence-corrected chi connectivity index (χ0v) is 31.1. The molecule has 0 aliphatic heterocycles. The molecule has 0 bridgehead atoms. The second-order valence-corrected chi connectivity index (χ2v) is 32.7. The van der Waals surface area contributed by atoms with Gasteiger partial charge in [0.2, 0.25) is 0 Å². The van der Waals surface area contributed by atoms with Gasteiger partial charge in [-0.05, 0) is 0 Å². The monoisotopic (exact) mass is 730 g/mol. The molecule has 0 spiro atoms.